The summed E-state index contributed by atoms with van der Waals surface area (Å²) in [6, 6.07) is 18.5. The first kappa shape index (κ1) is 19.1. The molecule has 0 amide bonds. The summed E-state index contributed by atoms with van der Waals surface area (Å²) < 4.78 is 1.60. The molecule has 6 nitrogen and oxygen atoms in total. The van der Waals surface area contributed by atoms with Gasteiger partial charge in [0, 0.05) is 22.0 Å². The van der Waals surface area contributed by atoms with Crippen molar-refractivity contribution in [3.05, 3.63) is 89.1 Å². The third-order valence-electron chi connectivity index (χ3n) is 5.21. The summed E-state index contributed by atoms with van der Waals surface area (Å²) in [5, 5.41) is 26.5. The number of hydrogen-bond donors (Lipinski definition) is 1. The van der Waals surface area contributed by atoms with Gasteiger partial charge in [-0.05, 0) is 42.0 Å². The molecule has 0 spiro atoms. The normalized spacial score (nSPS) is 14.3. The van der Waals surface area contributed by atoms with E-state index in [0.717, 1.165) is 16.6 Å². The maximum absolute atomic E-state index is 11.8. The average Bonchev–Trinajstić information content (AvgIpc) is 3.25. The first-order valence-electron chi connectivity index (χ1n) is 9.11. The van der Waals surface area contributed by atoms with Crippen LogP contribution in [0.4, 0.5) is 0 Å². The molecular formula is C22H18ClN5O. The number of benzene rings is 2. The first-order chi connectivity index (χ1) is 14.0. The number of halogens is 1. The van der Waals surface area contributed by atoms with Crippen LogP contribution in [-0.4, -0.2) is 24.9 Å². The zero-order valence-electron chi connectivity index (χ0n) is 15.7. The van der Waals surface area contributed by atoms with E-state index in [-0.39, 0.29) is 12.5 Å². The Morgan fingerprint density at radius 2 is 1.97 bits per heavy atom. The van der Waals surface area contributed by atoms with Crippen LogP contribution in [0.1, 0.15) is 29.7 Å². The molecule has 0 aliphatic carbocycles. The predicted octanol–water partition coefficient (Wildman–Crippen LogP) is 4.04. The van der Waals surface area contributed by atoms with Crippen molar-refractivity contribution in [1.29, 1.82) is 5.26 Å². The largest absolute Gasteiger partial charge is 0.383 e. The standard InChI is InChI=1S/C22H18ClN5O/c1-15(20-9-3-17-10-16(11-24)2-8-21(17)27-20)22(29,12-28-14-25-13-26-28)18-4-6-19(23)7-5-18/h2-10,13-15,29H,12H2,1H3. The Hall–Kier alpha value is -3.27. The van der Waals surface area contributed by atoms with Gasteiger partial charge in [0.25, 0.3) is 0 Å². The minimum absolute atomic E-state index is 0.211. The van der Waals surface area contributed by atoms with Gasteiger partial charge in [-0.3, -0.25) is 4.98 Å². The van der Waals surface area contributed by atoms with Gasteiger partial charge in [0.15, 0.2) is 0 Å². The van der Waals surface area contributed by atoms with Crippen LogP contribution in [0.15, 0.2) is 67.3 Å². The molecule has 29 heavy (non-hydrogen) atoms. The Morgan fingerprint density at radius 3 is 2.66 bits per heavy atom. The Morgan fingerprint density at radius 1 is 1.17 bits per heavy atom. The SMILES string of the molecule is CC(c1ccc2cc(C#N)ccc2n1)C(O)(Cn1cncn1)c1ccc(Cl)cc1. The summed E-state index contributed by atoms with van der Waals surface area (Å²) >= 11 is 6.05. The third-order valence-corrected chi connectivity index (χ3v) is 5.47. The molecule has 2 aromatic heterocycles. The molecule has 0 radical (unpaired) electrons. The molecule has 2 heterocycles. The lowest BCUT2D eigenvalue weighted by molar-refractivity contribution is -0.00904. The van der Waals surface area contributed by atoms with Gasteiger partial charge < -0.3 is 5.11 Å². The highest BCUT2D eigenvalue weighted by molar-refractivity contribution is 6.30. The minimum atomic E-state index is -1.29. The van der Waals surface area contributed by atoms with E-state index in [1.807, 2.05) is 37.3 Å². The van der Waals surface area contributed by atoms with E-state index in [1.165, 1.54) is 6.33 Å². The van der Waals surface area contributed by atoms with Gasteiger partial charge in [-0.15, -0.1) is 0 Å². The second kappa shape index (κ2) is 7.63. The van der Waals surface area contributed by atoms with Crippen LogP contribution >= 0.6 is 11.6 Å². The van der Waals surface area contributed by atoms with Crippen LogP contribution in [0.3, 0.4) is 0 Å². The summed E-state index contributed by atoms with van der Waals surface area (Å²) in [7, 11) is 0. The molecule has 2 unspecified atom stereocenters. The maximum atomic E-state index is 11.8. The Balaban J connectivity index is 1.78. The van der Waals surface area contributed by atoms with Gasteiger partial charge in [0.05, 0.1) is 23.7 Å². The predicted molar refractivity (Wildman–Crippen MR) is 110 cm³/mol. The number of hydrogen-bond acceptors (Lipinski definition) is 5. The molecule has 0 aliphatic rings. The van der Waals surface area contributed by atoms with Gasteiger partial charge in [-0.1, -0.05) is 36.7 Å². The Kier molecular flexibility index (Phi) is 5.01. The second-order valence-electron chi connectivity index (χ2n) is 7.00. The van der Waals surface area contributed by atoms with Crippen molar-refractivity contribution in [2.24, 2.45) is 0 Å². The van der Waals surface area contributed by atoms with Gasteiger partial charge in [0.1, 0.15) is 18.3 Å². The van der Waals surface area contributed by atoms with Crippen LogP contribution in [-0.2, 0) is 12.1 Å². The van der Waals surface area contributed by atoms with E-state index in [1.54, 1.807) is 35.3 Å². The lowest BCUT2D eigenvalue weighted by Gasteiger charge is -2.34. The van der Waals surface area contributed by atoms with Gasteiger partial charge in [0.2, 0.25) is 0 Å². The highest BCUT2D eigenvalue weighted by atomic mass is 35.5. The zero-order chi connectivity index (χ0) is 20.4. The van der Waals surface area contributed by atoms with Crippen molar-refractivity contribution in [2.75, 3.05) is 0 Å². The van der Waals surface area contributed by atoms with E-state index in [0.29, 0.717) is 16.1 Å². The van der Waals surface area contributed by atoms with E-state index in [9.17, 15) is 5.11 Å². The van der Waals surface area contributed by atoms with Crippen molar-refractivity contribution >= 4 is 22.5 Å². The number of aliphatic hydroxyl groups is 1. The van der Waals surface area contributed by atoms with Crippen LogP contribution in [0.2, 0.25) is 5.02 Å². The van der Waals surface area contributed by atoms with E-state index >= 15 is 0 Å². The molecule has 0 fully saturated rings. The van der Waals surface area contributed by atoms with Crippen molar-refractivity contribution in [1.82, 2.24) is 19.7 Å². The van der Waals surface area contributed by atoms with Crippen molar-refractivity contribution in [2.45, 2.75) is 25.0 Å². The molecule has 0 saturated heterocycles. The monoisotopic (exact) mass is 403 g/mol. The highest BCUT2D eigenvalue weighted by Crippen LogP contribution is 2.38. The first-order valence-corrected chi connectivity index (χ1v) is 9.49. The van der Waals surface area contributed by atoms with Crippen molar-refractivity contribution < 1.29 is 5.11 Å². The molecule has 7 heteroatoms. The number of rotatable bonds is 5. The molecule has 0 bridgehead atoms. The lowest BCUT2D eigenvalue weighted by Crippen LogP contribution is -2.37. The van der Waals surface area contributed by atoms with Crippen LogP contribution in [0, 0.1) is 11.3 Å². The summed E-state index contributed by atoms with van der Waals surface area (Å²) in [6.45, 7) is 2.15. The summed E-state index contributed by atoms with van der Waals surface area (Å²) in [6.07, 6.45) is 3.01. The molecule has 0 aliphatic heterocycles. The fraction of sp³-hybridized carbons (Fsp3) is 0.182. The lowest BCUT2D eigenvalue weighted by atomic mass is 9.80. The van der Waals surface area contributed by atoms with Crippen molar-refractivity contribution in [3.8, 4) is 6.07 Å². The quantitative estimate of drug-likeness (QED) is 0.543. The minimum Gasteiger partial charge on any atom is -0.383 e. The number of fused-ring (bicyclic) bond motifs is 1. The van der Waals surface area contributed by atoms with Crippen LogP contribution in [0.5, 0.6) is 0 Å². The second-order valence-corrected chi connectivity index (χ2v) is 7.44. The third kappa shape index (κ3) is 3.70. The molecule has 2 atom stereocenters. The number of pyridine rings is 1. The Bertz CT molecular complexity index is 1180. The summed E-state index contributed by atoms with van der Waals surface area (Å²) in [5.74, 6) is -0.354. The molecule has 1 N–H and O–H groups in total. The maximum Gasteiger partial charge on any atom is 0.137 e. The van der Waals surface area contributed by atoms with Gasteiger partial charge >= 0.3 is 0 Å². The molecule has 0 saturated carbocycles. The van der Waals surface area contributed by atoms with Gasteiger partial charge in [-0.25, -0.2) is 9.67 Å². The van der Waals surface area contributed by atoms with Gasteiger partial charge in [-0.2, -0.15) is 10.4 Å². The topological polar surface area (TPSA) is 87.6 Å². The zero-order valence-corrected chi connectivity index (χ0v) is 16.5. The average molecular weight is 404 g/mol. The Labute approximate surface area is 173 Å². The summed E-state index contributed by atoms with van der Waals surface area (Å²) in [5.41, 5.74) is 1.52. The fourth-order valence-electron chi connectivity index (χ4n) is 3.47. The molecule has 144 valence electrons. The molecule has 2 aromatic carbocycles. The molecular weight excluding hydrogens is 386 g/mol. The van der Waals surface area contributed by atoms with E-state index in [2.05, 4.69) is 16.2 Å². The van der Waals surface area contributed by atoms with Crippen LogP contribution < -0.4 is 0 Å². The van der Waals surface area contributed by atoms with Crippen LogP contribution in [0.25, 0.3) is 10.9 Å². The molecule has 4 aromatic rings. The fourth-order valence-corrected chi connectivity index (χ4v) is 3.60. The van der Waals surface area contributed by atoms with E-state index < -0.39 is 5.60 Å². The summed E-state index contributed by atoms with van der Waals surface area (Å²) in [4.78, 5) is 8.73. The number of aromatic nitrogens is 4. The number of nitrogens with zero attached hydrogens (tertiary/aromatic N) is 5. The highest BCUT2D eigenvalue weighted by Gasteiger charge is 2.38. The van der Waals surface area contributed by atoms with E-state index in [4.69, 9.17) is 21.8 Å². The number of nitriles is 1. The molecule has 4 rings (SSSR count). The smallest absolute Gasteiger partial charge is 0.137 e. The van der Waals surface area contributed by atoms with Crippen molar-refractivity contribution in [3.63, 3.8) is 0 Å².